The number of aliphatic hydroxyl groups excluding tert-OH is 12. The maximum atomic E-state index is 12.9. The van der Waals surface area contributed by atoms with Crippen LogP contribution in [-0.4, -0.2) is 293 Å². The normalized spacial score (nSPS) is 37.2. The fourth-order valence-electron chi connectivity index (χ4n) is 9.92. The molecule has 31 nitrogen and oxygen atoms in total. The van der Waals surface area contributed by atoms with Crippen LogP contribution in [0.25, 0.3) is 0 Å². The number of nitrogens with one attached hydrogen (secondary N) is 3. The van der Waals surface area contributed by atoms with Gasteiger partial charge in [0.15, 0.2) is 18.9 Å². The highest BCUT2D eigenvalue weighted by Crippen LogP contribution is 2.39. The lowest BCUT2D eigenvalue weighted by atomic mass is 9.84. The standard InChI is InChI=1S/C49H82N4O27S/c1-22-24(58)17-49(48(71)72,80-41(22)34(63)25(59)18-54)74-21-28-37(66)42(78-47-39(68)38(67)35(64)26(19-55)76-47)33(52-23(2)57)45(77-28)79-43-36(65)27(20-56)75-46(40(43)69)73-14-9-5-7-12-51-31(61)11-15-81-29-16-32(62)53(44(29)70)13-8-4-6-10-30(60)50-3/h22,24-29,33-43,45-47,54-56,58-59,63-69H,4-21H2,1-3H3,(H,50,60)(H,51,61)(H,52,57)(H,71,72)/t22-,24-,25-,26?,27?,28?,29?,33?,34-,35+,36+,37-,38+,39?,40?,41?,42-,43+,45+,46-,47+,49-/m1/s1. The van der Waals surface area contributed by atoms with Gasteiger partial charge < -0.3 is 120 Å². The lowest BCUT2D eigenvalue weighted by Gasteiger charge is -2.50. The van der Waals surface area contributed by atoms with Crippen molar-refractivity contribution < 1.29 is 133 Å². The Morgan fingerprint density at radius 3 is 2.06 bits per heavy atom. The third-order valence-electron chi connectivity index (χ3n) is 14.8. The minimum atomic E-state index is -2.86. The summed E-state index contributed by atoms with van der Waals surface area (Å²) in [6.45, 7) is -0.971. The minimum absolute atomic E-state index is 0.0462. The van der Waals surface area contributed by atoms with Crippen LogP contribution in [0.4, 0.5) is 0 Å². The molecule has 22 atom stereocenters. The van der Waals surface area contributed by atoms with E-state index in [1.54, 1.807) is 7.05 Å². The van der Waals surface area contributed by atoms with Gasteiger partial charge in [-0.05, 0) is 32.1 Å². The van der Waals surface area contributed by atoms with Crippen LogP contribution >= 0.6 is 11.8 Å². The number of hydrogen-bond acceptors (Lipinski definition) is 27. The van der Waals surface area contributed by atoms with Crippen molar-refractivity contribution in [3.05, 3.63) is 0 Å². The number of carboxylic acid groups (broad SMARTS) is 1. The summed E-state index contributed by atoms with van der Waals surface area (Å²) in [4.78, 5) is 76.3. The first kappa shape index (κ1) is 68.4. The molecule has 0 aromatic carbocycles. The van der Waals surface area contributed by atoms with Crippen molar-refractivity contribution in [2.45, 2.75) is 206 Å². The largest absolute Gasteiger partial charge is 0.477 e. The summed E-state index contributed by atoms with van der Waals surface area (Å²) in [7, 11) is 1.55. The number of unbranched alkanes of at least 4 members (excludes halogenated alkanes) is 4. The van der Waals surface area contributed by atoms with Crippen LogP contribution in [-0.2, 0) is 66.7 Å². The van der Waals surface area contributed by atoms with Crippen LogP contribution in [0.5, 0.6) is 0 Å². The van der Waals surface area contributed by atoms with Crippen molar-refractivity contribution in [2.75, 3.05) is 58.9 Å². The number of amides is 5. The van der Waals surface area contributed by atoms with E-state index < -0.39 is 178 Å². The first-order valence-corrected chi connectivity index (χ1v) is 28.1. The molecule has 5 aliphatic heterocycles. The van der Waals surface area contributed by atoms with Gasteiger partial charge in [-0.25, -0.2) is 4.79 Å². The minimum Gasteiger partial charge on any atom is -0.477 e. The summed E-state index contributed by atoms with van der Waals surface area (Å²) in [6, 6.07) is -1.77. The van der Waals surface area contributed by atoms with E-state index in [0.29, 0.717) is 50.7 Å². The fraction of sp³-hybridized carbons (Fsp3) is 0.878. The first-order chi connectivity index (χ1) is 38.4. The summed E-state index contributed by atoms with van der Waals surface area (Å²) >= 11 is 1.23. The van der Waals surface area contributed by atoms with Gasteiger partial charge in [0.1, 0.15) is 85.4 Å². The van der Waals surface area contributed by atoms with Crippen molar-refractivity contribution in [1.82, 2.24) is 20.9 Å². The van der Waals surface area contributed by atoms with Gasteiger partial charge in [-0.2, -0.15) is 0 Å². The van der Waals surface area contributed by atoms with Crippen molar-refractivity contribution in [1.29, 1.82) is 0 Å². The Morgan fingerprint density at radius 1 is 0.765 bits per heavy atom. The monoisotopic (exact) mass is 1190 g/mol. The van der Waals surface area contributed by atoms with Gasteiger partial charge in [0.2, 0.25) is 29.5 Å². The molecule has 16 N–H and O–H groups in total. The van der Waals surface area contributed by atoms with E-state index in [1.807, 2.05) is 0 Å². The molecular formula is C49H82N4O27S. The number of imide groups is 1. The number of likely N-dealkylation sites (tertiary alicyclic amines) is 1. The van der Waals surface area contributed by atoms with Gasteiger partial charge in [0, 0.05) is 71.0 Å². The highest BCUT2D eigenvalue weighted by molar-refractivity contribution is 8.00. The maximum Gasteiger partial charge on any atom is 0.364 e. The quantitative estimate of drug-likeness (QED) is 0.0226. The molecule has 0 aliphatic carbocycles. The molecule has 0 radical (unpaired) electrons. The van der Waals surface area contributed by atoms with Crippen molar-refractivity contribution in [2.24, 2.45) is 5.92 Å². The molecular weight excluding hydrogens is 1110 g/mol. The lowest BCUT2D eigenvalue weighted by molar-refractivity contribution is -0.373. The van der Waals surface area contributed by atoms with E-state index in [1.165, 1.54) is 23.6 Å². The summed E-state index contributed by atoms with van der Waals surface area (Å²) in [6.07, 6.45) is -30.5. The second-order valence-corrected chi connectivity index (χ2v) is 22.0. The Balaban J connectivity index is 1.22. The topological polar surface area (TPSA) is 479 Å². The Morgan fingerprint density at radius 2 is 1.41 bits per heavy atom. The predicted octanol–water partition coefficient (Wildman–Crippen LogP) is -7.26. The number of carbonyl (C=O) groups excluding carboxylic acids is 5. The SMILES string of the molecule is CNC(=O)CCCCCN1C(=O)CC(SCCC(=O)NCCCCCO[C@@H]2OC(CO)[C@H](O)[C@H](O[C@@H]3OC(CO[C@]4(C(=O)O)C[C@@H](O)[C@@H](C)C([C@H](O)[C@H](O)CO)O4)[C@@H](O)[C@H](O[C@@H]4OC(CO)[C@H](O)[C@H](O)C4O)C3NC(C)=O)C2O)C1=O. The van der Waals surface area contributed by atoms with Crippen LogP contribution in [0.3, 0.4) is 0 Å². The number of nitrogens with zero attached hydrogens (tertiary/aromatic N) is 1. The fourth-order valence-corrected chi connectivity index (χ4v) is 11.0. The van der Waals surface area contributed by atoms with E-state index in [9.17, 15) is 95.2 Å². The van der Waals surface area contributed by atoms with Crippen molar-refractivity contribution >= 4 is 47.3 Å². The van der Waals surface area contributed by atoms with Crippen LogP contribution < -0.4 is 16.0 Å². The van der Waals surface area contributed by atoms with Crippen molar-refractivity contribution in [3.8, 4) is 0 Å². The molecule has 5 amide bonds. The molecule has 0 aromatic heterocycles. The molecule has 0 bridgehead atoms. The number of thioether (sulfide) groups is 1. The molecule has 466 valence electrons. The summed E-state index contributed by atoms with van der Waals surface area (Å²) < 4.78 is 46.7. The van der Waals surface area contributed by atoms with Crippen LogP contribution in [0.2, 0.25) is 0 Å². The molecule has 0 aromatic rings. The van der Waals surface area contributed by atoms with Gasteiger partial charge >= 0.3 is 5.97 Å². The highest BCUT2D eigenvalue weighted by atomic mass is 32.2. The zero-order valence-corrected chi connectivity index (χ0v) is 46.1. The van der Waals surface area contributed by atoms with E-state index >= 15 is 0 Å². The van der Waals surface area contributed by atoms with Gasteiger partial charge in [-0.15, -0.1) is 11.8 Å². The van der Waals surface area contributed by atoms with E-state index in [-0.39, 0.29) is 56.2 Å². The summed E-state index contributed by atoms with van der Waals surface area (Å²) in [5.74, 6) is -7.24. The molecule has 5 rings (SSSR count). The van der Waals surface area contributed by atoms with E-state index in [0.717, 1.165) is 6.92 Å². The van der Waals surface area contributed by atoms with E-state index in [2.05, 4.69) is 16.0 Å². The Bertz CT molecular complexity index is 2040. The van der Waals surface area contributed by atoms with Crippen LogP contribution in [0.1, 0.15) is 78.1 Å². The van der Waals surface area contributed by atoms with Crippen LogP contribution in [0.15, 0.2) is 0 Å². The molecule has 5 saturated heterocycles. The van der Waals surface area contributed by atoms with Gasteiger partial charge in [0.25, 0.3) is 5.79 Å². The van der Waals surface area contributed by atoms with Crippen molar-refractivity contribution in [3.63, 3.8) is 0 Å². The third kappa shape index (κ3) is 17.8. The van der Waals surface area contributed by atoms with Crippen LogP contribution in [0, 0.1) is 5.92 Å². The van der Waals surface area contributed by atoms with Gasteiger partial charge in [-0.3, -0.25) is 28.9 Å². The third-order valence-corrected chi connectivity index (χ3v) is 16.0. The Kier molecular flexibility index (Phi) is 27.2. The smallest absolute Gasteiger partial charge is 0.364 e. The van der Waals surface area contributed by atoms with Gasteiger partial charge in [-0.1, -0.05) is 13.3 Å². The lowest BCUT2D eigenvalue weighted by Crippen LogP contribution is -2.70. The number of ether oxygens (including phenoxy) is 8. The highest BCUT2D eigenvalue weighted by Gasteiger charge is 2.58. The summed E-state index contributed by atoms with van der Waals surface area (Å²) in [5.41, 5.74) is 0. The zero-order chi connectivity index (χ0) is 59.9. The number of aliphatic carboxylic acids is 1. The molecule has 0 saturated carbocycles. The number of aliphatic hydroxyl groups is 12. The molecule has 5 fully saturated rings. The second kappa shape index (κ2) is 32.2. The molecule has 5 aliphatic rings. The number of rotatable bonds is 31. The predicted molar refractivity (Wildman–Crippen MR) is 271 cm³/mol. The number of hydrogen-bond donors (Lipinski definition) is 16. The summed E-state index contributed by atoms with van der Waals surface area (Å²) in [5, 5.41) is 146. The molecule has 5 heterocycles. The first-order valence-electron chi connectivity index (χ1n) is 27.0. The Hall–Kier alpha value is -3.43. The average molecular weight is 1190 g/mol. The Labute approximate surface area is 470 Å². The second-order valence-electron chi connectivity index (χ2n) is 20.7. The molecule has 0 spiro atoms. The van der Waals surface area contributed by atoms with Gasteiger partial charge in [0.05, 0.1) is 43.9 Å². The van der Waals surface area contributed by atoms with E-state index in [4.69, 9.17) is 37.9 Å². The molecule has 8 unspecified atom stereocenters. The number of carboxylic acids is 1. The zero-order valence-electron chi connectivity index (χ0n) is 45.2. The average Bonchev–Trinajstić information content (AvgIpc) is 3.92. The molecule has 81 heavy (non-hydrogen) atoms. The maximum absolute atomic E-state index is 12.9. The molecule has 32 heteroatoms. The number of carbonyl (C=O) groups is 6.